The minimum absolute atomic E-state index is 0.0239. The Morgan fingerprint density at radius 1 is 1.26 bits per heavy atom. The topological polar surface area (TPSA) is 96.7 Å². The largest absolute Gasteiger partial charge is 0.505 e. The monoisotopic (exact) mass is 319 g/mol. The van der Waals surface area contributed by atoms with Crippen LogP contribution in [0.5, 0.6) is 5.75 Å². The van der Waals surface area contributed by atoms with Crippen molar-refractivity contribution in [3.8, 4) is 5.75 Å². The Balaban J connectivity index is 2.33. The molecule has 0 radical (unpaired) electrons. The first kappa shape index (κ1) is 16.6. The number of esters is 1. The average Bonchev–Trinajstić information content (AvgIpc) is 2.55. The molecule has 120 valence electrons. The zero-order valence-corrected chi connectivity index (χ0v) is 12.2. The molecule has 1 aromatic heterocycles. The third-order valence-electron chi connectivity index (χ3n) is 3.30. The summed E-state index contributed by atoms with van der Waals surface area (Å²) in [5.74, 6) is -2.18. The number of aromatic nitrogens is 1. The molecule has 2 aromatic rings. The number of benzene rings is 1. The van der Waals surface area contributed by atoms with Crippen molar-refractivity contribution in [1.29, 1.82) is 0 Å². The van der Waals surface area contributed by atoms with Crippen LogP contribution >= 0.6 is 0 Å². The van der Waals surface area contributed by atoms with Crippen molar-refractivity contribution in [2.24, 2.45) is 0 Å². The lowest BCUT2D eigenvalue weighted by molar-refractivity contribution is 0.0590. The second-order valence-electron chi connectivity index (χ2n) is 4.72. The quantitative estimate of drug-likeness (QED) is 0.642. The van der Waals surface area contributed by atoms with Gasteiger partial charge in [0.25, 0.3) is 0 Å². The van der Waals surface area contributed by atoms with E-state index in [0.717, 1.165) is 19.2 Å². The summed E-state index contributed by atoms with van der Waals surface area (Å²) >= 11 is 0. The van der Waals surface area contributed by atoms with Crippen molar-refractivity contribution < 1.29 is 28.9 Å². The van der Waals surface area contributed by atoms with Crippen LogP contribution in [-0.2, 0) is 17.8 Å². The van der Waals surface area contributed by atoms with Gasteiger partial charge >= 0.3 is 5.97 Å². The first-order valence-electron chi connectivity index (χ1n) is 6.65. The average molecular weight is 319 g/mol. The molecule has 0 saturated heterocycles. The number of ketones is 1. The lowest BCUT2D eigenvalue weighted by Gasteiger charge is -2.11. The molecular formula is C16H14FNO5. The maximum atomic E-state index is 12.9. The number of carbonyl (C=O) groups is 2. The maximum absolute atomic E-state index is 12.9. The van der Waals surface area contributed by atoms with Crippen molar-refractivity contribution in [1.82, 2.24) is 4.98 Å². The van der Waals surface area contributed by atoms with Gasteiger partial charge in [0.1, 0.15) is 5.82 Å². The Kier molecular flexibility index (Phi) is 5.02. The minimum atomic E-state index is -0.853. The number of hydrogen-bond donors (Lipinski definition) is 2. The molecule has 0 fully saturated rings. The van der Waals surface area contributed by atoms with E-state index in [1.54, 1.807) is 0 Å². The van der Waals surface area contributed by atoms with Crippen LogP contribution < -0.4 is 0 Å². The molecule has 0 aliphatic carbocycles. The molecule has 0 unspecified atom stereocenters. The molecule has 6 nitrogen and oxygen atoms in total. The lowest BCUT2D eigenvalue weighted by Crippen LogP contribution is -2.11. The number of aliphatic hydroxyl groups is 1. The van der Waals surface area contributed by atoms with Crippen LogP contribution in [0.1, 0.15) is 32.0 Å². The van der Waals surface area contributed by atoms with Gasteiger partial charge in [-0.05, 0) is 29.8 Å². The maximum Gasteiger partial charge on any atom is 0.360 e. The highest BCUT2D eigenvalue weighted by atomic mass is 19.1. The van der Waals surface area contributed by atoms with Gasteiger partial charge in [-0.25, -0.2) is 14.2 Å². The second kappa shape index (κ2) is 6.97. The Labute approximate surface area is 131 Å². The first-order valence-corrected chi connectivity index (χ1v) is 6.65. The highest BCUT2D eigenvalue weighted by Crippen LogP contribution is 2.26. The summed E-state index contributed by atoms with van der Waals surface area (Å²) in [6, 6.07) is 5.01. The van der Waals surface area contributed by atoms with Crippen LogP contribution in [0.2, 0.25) is 0 Å². The molecule has 23 heavy (non-hydrogen) atoms. The standard InChI is InChI=1S/C16H14FNO5/c1-23-16(22)14-15(21)12(8-19)10(7-18-14)6-13(20)9-2-4-11(17)5-3-9/h2-5,7,19,21H,6,8H2,1H3. The van der Waals surface area contributed by atoms with Gasteiger partial charge < -0.3 is 14.9 Å². The zero-order valence-electron chi connectivity index (χ0n) is 12.2. The van der Waals surface area contributed by atoms with Crippen molar-refractivity contribution in [2.75, 3.05) is 7.11 Å². The number of pyridine rings is 1. The van der Waals surface area contributed by atoms with Gasteiger partial charge in [0.15, 0.2) is 17.2 Å². The van der Waals surface area contributed by atoms with E-state index in [1.807, 2.05) is 0 Å². The number of ether oxygens (including phenoxy) is 1. The SMILES string of the molecule is COC(=O)c1ncc(CC(=O)c2ccc(F)cc2)c(CO)c1O. The molecular weight excluding hydrogens is 305 g/mol. The predicted molar refractivity (Wildman–Crippen MR) is 77.6 cm³/mol. The van der Waals surface area contributed by atoms with Gasteiger partial charge in [0.2, 0.25) is 0 Å². The van der Waals surface area contributed by atoms with E-state index in [9.17, 15) is 24.2 Å². The summed E-state index contributed by atoms with van der Waals surface area (Å²) in [6.45, 7) is -0.579. The molecule has 7 heteroatoms. The number of carbonyl (C=O) groups excluding carboxylic acids is 2. The third-order valence-corrected chi connectivity index (χ3v) is 3.30. The number of halogens is 1. The Hall–Kier alpha value is -2.80. The van der Waals surface area contributed by atoms with Gasteiger partial charge in [-0.1, -0.05) is 0 Å². The van der Waals surface area contributed by atoms with E-state index in [4.69, 9.17) is 0 Å². The summed E-state index contributed by atoms with van der Waals surface area (Å²) in [5, 5.41) is 19.4. The molecule has 2 rings (SSSR count). The van der Waals surface area contributed by atoms with Crippen LogP contribution in [0.4, 0.5) is 4.39 Å². The van der Waals surface area contributed by atoms with Gasteiger partial charge in [0.05, 0.1) is 13.7 Å². The van der Waals surface area contributed by atoms with E-state index >= 15 is 0 Å². The van der Waals surface area contributed by atoms with E-state index in [-0.39, 0.29) is 34.6 Å². The van der Waals surface area contributed by atoms with Crippen LogP contribution in [-0.4, -0.2) is 34.1 Å². The Bertz CT molecular complexity index is 743. The number of aliphatic hydroxyl groups excluding tert-OH is 1. The van der Waals surface area contributed by atoms with Crippen LogP contribution in [0.25, 0.3) is 0 Å². The van der Waals surface area contributed by atoms with E-state index in [2.05, 4.69) is 9.72 Å². The fourth-order valence-electron chi connectivity index (χ4n) is 2.06. The second-order valence-corrected chi connectivity index (χ2v) is 4.72. The smallest absolute Gasteiger partial charge is 0.360 e. The van der Waals surface area contributed by atoms with Gasteiger partial charge in [-0.3, -0.25) is 4.79 Å². The number of aromatic hydroxyl groups is 1. The Morgan fingerprint density at radius 3 is 2.48 bits per heavy atom. The van der Waals surface area contributed by atoms with Crippen molar-refractivity contribution in [3.63, 3.8) is 0 Å². The highest BCUT2D eigenvalue weighted by molar-refractivity contribution is 5.98. The minimum Gasteiger partial charge on any atom is -0.505 e. The van der Waals surface area contributed by atoms with Crippen LogP contribution in [0.3, 0.4) is 0 Å². The van der Waals surface area contributed by atoms with Crippen molar-refractivity contribution >= 4 is 11.8 Å². The number of Topliss-reactive ketones (excluding diaryl/α,β-unsaturated/α-hetero) is 1. The molecule has 0 amide bonds. The molecule has 0 bridgehead atoms. The molecule has 0 aliphatic rings. The van der Waals surface area contributed by atoms with Gasteiger partial charge in [-0.2, -0.15) is 0 Å². The summed E-state index contributed by atoms with van der Waals surface area (Å²) in [5.41, 5.74) is 0.240. The van der Waals surface area contributed by atoms with E-state index in [1.165, 1.54) is 18.3 Å². The molecule has 0 saturated carbocycles. The molecule has 0 spiro atoms. The summed E-state index contributed by atoms with van der Waals surface area (Å²) in [4.78, 5) is 27.4. The first-order chi connectivity index (χ1) is 11.0. The number of methoxy groups -OCH3 is 1. The molecule has 1 heterocycles. The Morgan fingerprint density at radius 2 is 1.91 bits per heavy atom. The van der Waals surface area contributed by atoms with Gasteiger partial charge in [-0.15, -0.1) is 0 Å². The number of rotatable bonds is 5. The molecule has 0 aliphatic heterocycles. The molecule has 1 aromatic carbocycles. The zero-order chi connectivity index (χ0) is 17.0. The lowest BCUT2D eigenvalue weighted by atomic mass is 9.99. The fraction of sp³-hybridized carbons (Fsp3) is 0.188. The summed E-state index contributed by atoms with van der Waals surface area (Å²) < 4.78 is 17.3. The number of hydrogen-bond acceptors (Lipinski definition) is 6. The van der Waals surface area contributed by atoms with Crippen molar-refractivity contribution in [3.05, 3.63) is 58.7 Å². The molecule has 0 atom stereocenters. The van der Waals surface area contributed by atoms with E-state index in [0.29, 0.717) is 0 Å². The normalized spacial score (nSPS) is 10.4. The summed E-state index contributed by atoms with van der Waals surface area (Å²) in [7, 11) is 1.13. The summed E-state index contributed by atoms with van der Waals surface area (Å²) in [6.07, 6.45) is 1.06. The van der Waals surface area contributed by atoms with E-state index < -0.39 is 24.1 Å². The predicted octanol–water partition coefficient (Wildman–Crippen LogP) is 1.63. The number of nitrogens with zero attached hydrogens (tertiary/aromatic N) is 1. The molecule has 2 N–H and O–H groups in total. The van der Waals surface area contributed by atoms with Crippen LogP contribution in [0, 0.1) is 5.82 Å². The van der Waals surface area contributed by atoms with Crippen molar-refractivity contribution in [2.45, 2.75) is 13.0 Å². The highest BCUT2D eigenvalue weighted by Gasteiger charge is 2.21. The van der Waals surface area contributed by atoms with Gasteiger partial charge in [0, 0.05) is 23.7 Å². The van der Waals surface area contributed by atoms with Crippen LogP contribution in [0.15, 0.2) is 30.5 Å². The fourth-order valence-corrected chi connectivity index (χ4v) is 2.06. The third kappa shape index (κ3) is 3.51.